The van der Waals surface area contributed by atoms with Gasteiger partial charge in [0.1, 0.15) is 5.82 Å². The van der Waals surface area contributed by atoms with Crippen molar-refractivity contribution in [1.82, 2.24) is 0 Å². The number of hydrogen-bond donors (Lipinski definition) is 0. The first-order chi connectivity index (χ1) is 8.22. The fourth-order valence-corrected chi connectivity index (χ4v) is 2.84. The van der Waals surface area contributed by atoms with E-state index in [1.807, 2.05) is 6.07 Å². The zero-order valence-electron chi connectivity index (χ0n) is 9.53. The quantitative estimate of drug-likeness (QED) is 0.603. The number of amides is 1. The number of benzene rings is 1. The Kier molecular flexibility index (Phi) is 4.36. The summed E-state index contributed by atoms with van der Waals surface area (Å²) < 4.78 is 14.7. The lowest BCUT2D eigenvalue weighted by molar-refractivity contribution is -0.108. The summed E-state index contributed by atoms with van der Waals surface area (Å²) in [5.74, 6) is -0.311. The molecular formula is C13H15FINO. The average Bonchev–Trinajstić information content (AvgIpc) is 2.34. The molecule has 0 heterocycles. The standard InChI is InChI=1S/C13H15FINO/c14-12-8-10(15)6-7-13(12)16(9-17)11-4-2-1-3-5-11/h6-9,11H,1-5H2. The number of anilines is 1. The summed E-state index contributed by atoms with van der Waals surface area (Å²) in [4.78, 5) is 12.8. The molecule has 0 aliphatic heterocycles. The van der Waals surface area contributed by atoms with Gasteiger partial charge in [-0.2, -0.15) is 0 Å². The van der Waals surface area contributed by atoms with Gasteiger partial charge in [0.25, 0.3) is 0 Å². The lowest BCUT2D eigenvalue weighted by Gasteiger charge is -2.31. The second kappa shape index (κ2) is 5.80. The number of halogens is 2. The van der Waals surface area contributed by atoms with E-state index >= 15 is 0 Å². The molecule has 0 aromatic heterocycles. The molecule has 0 bridgehead atoms. The highest BCUT2D eigenvalue weighted by Gasteiger charge is 2.23. The minimum Gasteiger partial charge on any atom is -0.309 e. The predicted molar refractivity (Wildman–Crippen MR) is 74.5 cm³/mol. The number of carbonyl (C=O) groups excluding carboxylic acids is 1. The summed E-state index contributed by atoms with van der Waals surface area (Å²) in [7, 11) is 0. The van der Waals surface area contributed by atoms with Gasteiger partial charge in [-0.15, -0.1) is 0 Å². The molecule has 0 spiro atoms. The predicted octanol–water partition coefficient (Wildman–Crippen LogP) is 3.73. The van der Waals surface area contributed by atoms with Gasteiger partial charge in [0, 0.05) is 9.61 Å². The van der Waals surface area contributed by atoms with Gasteiger partial charge < -0.3 is 4.90 Å². The minimum absolute atomic E-state index is 0.163. The van der Waals surface area contributed by atoms with E-state index in [4.69, 9.17) is 0 Å². The highest BCUT2D eigenvalue weighted by atomic mass is 127. The van der Waals surface area contributed by atoms with Crippen molar-refractivity contribution < 1.29 is 9.18 Å². The van der Waals surface area contributed by atoms with Crippen LogP contribution in [-0.4, -0.2) is 12.5 Å². The van der Waals surface area contributed by atoms with Crippen LogP contribution in [0.25, 0.3) is 0 Å². The van der Waals surface area contributed by atoms with Gasteiger partial charge in [0.15, 0.2) is 0 Å². The Morgan fingerprint density at radius 1 is 1.29 bits per heavy atom. The van der Waals surface area contributed by atoms with E-state index in [1.165, 1.54) is 12.5 Å². The summed E-state index contributed by atoms with van der Waals surface area (Å²) in [6.07, 6.45) is 6.19. The topological polar surface area (TPSA) is 20.3 Å². The van der Waals surface area contributed by atoms with Gasteiger partial charge in [-0.1, -0.05) is 19.3 Å². The van der Waals surface area contributed by atoms with Crippen molar-refractivity contribution in [3.63, 3.8) is 0 Å². The van der Waals surface area contributed by atoms with Crippen molar-refractivity contribution in [3.05, 3.63) is 27.6 Å². The summed E-state index contributed by atoms with van der Waals surface area (Å²) in [6.45, 7) is 0. The number of hydrogen-bond acceptors (Lipinski definition) is 1. The van der Waals surface area contributed by atoms with E-state index in [1.54, 1.807) is 11.0 Å². The fourth-order valence-electron chi connectivity index (χ4n) is 2.39. The molecule has 1 aliphatic rings. The molecular weight excluding hydrogens is 332 g/mol. The van der Waals surface area contributed by atoms with E-state index in [0.29, 0.717) is 5.69 Å². The summed E-state index contributed by atoms with van der Waals surface area (Å²) in [6, 6.07) is 5.16. The molecule has 17 heavy (non-hydrogen) atoms. The normalized spacial score (nSPS) is 16.8. The molecule has 0 atom stereocenters. The van der Waals surface area contributed by atoms with Crippen LogP contribution >= 0.6 is 22.6 Å². The lowest BCUT2D eigenvalue weighted by Crippen LogP contribution is -2.36. The second-order valence-electron chi connectivity index (χ2n) is 4.40. The molecule has 0 saturated heterocycles. The Morgan fingerprint density at radius 3 is 2.59 bits per heavy atom. The van der Waals surface area contributed by atoms with E-state index in [-0.39, 0.29) is 11.9 Å². The van der Waals surface area contributed by atoms with Crippen LogP contribution in [0.15, 0.2) is 18.2 Å². The summed E-state index contributed by atoms with van der Waals surface area (Å²) >= 11 is 2.07. The monoisotopic (exact) mass is 347 g/mol. The van der Waals surface area contributed by atoms with Crippen molar-refractivity contribution in [1.29, 1.82) is 0 Å². The Labute approximate surface area is 114 Å². The van der Waals surface area contributed by atoms with Crippen molar-refractivity contribution in [2.24, 2.45) is 0 Å². The van der Waals surface area contributed by atoms with Crippen LogP contribution in [0.3, 0.4) is 0 Å². The van der Waals surface area contributed by atoms with Crippen LogP contribution in [0.1, 0.15) is 32.1 Å². The van der Waals surface area contributed by atoms with Crippen LogP contribution in [0.4, 0.5) is 10.1 Å². The molecule has 0 N–H and O–H groups in total. The van der Waals surface area contributed by atoms with Crippen molar-refractivity contribution in [2.75, 3.05) is 4.90 Å². The molecule has 2 nitrogen and oxygen atoms in total. The van der Waals surface area contributed by atoms with Gasteiger partial charge in [-0.3, -0.25) is 4.79 Å². The maximum absolute atomic E-state index is 13.8. The SMILES string of the molecule is O=CN(c1ccc(I)cc1F)C1CCCCC1. The molecule has 1 aromatic rings. The van der Waals surface area contributed by atoms with Crippen LogP contribution in [0.2, 0.25) is 0 Å². The van der Waals surface area contributed by atoms with Gasteiger partial charge in [0.05, 0.1) is 5.69 Å². The Hall–Kier alpha value is -0.650. The molecule has 92 valence electrons. The van der Waals surface area contributed by atoms with E-state index in [9.17, 15) is 9.18 Å². The van der Waals surface area contributed by atoms with Crippen LogP contribution < -0.4 is 4.90 Å². The maximum Gasteiger partial charge on any atom is 0.214 e. The smallest absolute Gasteiger partial charge is 0.214 e. The molecule has 4 heteroatoms. The van der Waals surface area contributed by atoms with Gasteiger partial charge in [-0.25, -0.2) is 4.39 Å². The molecule has 1 aromatic carbocycles. The van der Waals surface area contributed by atoms with Gasteiger partial charge >= 0.3 is 0 Å². The molecule has 0 radical (unpaired) electrons. The Balaban J connectivity index is 2.24. The first kappa shape index (κ1) is 12.8. The van der Waals surface area contributed by atoms with Crippen molar-refractivity contribution >= 4 is 34.7 Å². The highest BCUT2D eigenvalue weighted by Crippen LogP contribution is 2.28. The lowest BCUT2D eigenvalue weighted by atomic mass is 9.94. The number of carbonyl (C=O) groups is 1. The average molecular weight is 347 g/mol. The number of nitrogens with zero attached hydrogens (tertiary/aromatic N) is 1. The van der Waals surface area contributed by atoms with Crippen molar-refractivity contribution in [2.45, 2.75) is 38.1 Å². The first-order valence-electron chi connectivity index (χ1n) is 5.91. The van der Waals surface area contributed by atoms with E-state index in [0.717, 1.165) is 35.7 Å². The third-order valence-electron chi connectivity index (χ3n) is 3.27. The number of rotatable bonds is 3. The molecule has 0 unspecified atom stereocenters. The Bertz CT molecular complexity index is 404. The molecule has 2 rings (SSSR count). The zero-order valence-corrected chi connectivity index (χ0v) is 11.7. The van der Waals surface area contributed by atoms with E-state index in [2.05, 4.69) is 22.6 Å². The zero-order chi connectivity index (χ0) is 12.3. The van der Waals surface area contributed by atoms with Crippen LogP contribution in [0.5, 0.6) is 0 Å². The molecule has 1 saturated carbocycles. The summed E-state index contributed by atoms with van der Waals surface area (Å²) in [5.41, 5.74) is 0.410. The summed E-state index contributed by atoms with van der Waals surface area (Å²) in [5, 5.41) is 0. The van der Waals surface area contributed by atoms with E-state index < -0.39 is 0 Å². The minimum atomic E-state index is -0.311. The largest absolute Gasteiger partial charge is 0.309 e. The third-order valence-corrected chi connectivity index (χ3v) is 3.94. The van der Waals surface area contributed by atoms with Gasteiger partial charge in [-0.05, 0) is 53.6 Å². The second-order valence-corrected chi connectivity index (χ2v) is 5.65. The Morgan fingerprint density at radius 2 is 2.00 bits per heavy atom. The third kappa shape index (κ3) is 2.97. The van der Waals surface area contributed by atoms with Crippen LogP contribution in [0, 0.1) is 9.39 Å². The van der Waals surface area contributed by atoms with Crippen LogP contribution in [-0.2, 0) is 4.79 Å². The molecule has 1 aliphatic carbocycles. The maximum atomic E-state index is 13.8. The van der Waals surface area contributed by atoms with Crippen molar-refractivity contribution in [3.8, 4) is 0 Å². The highest BCUT2D eigenvalue weighted by molar-refractivity contribution is 14.1. The molecule has 1 fully saturated rings. The fraction of sp³-hybridized carbons (Fsp3) is 0.462. The molecule has 1 amide bonds. The van der Waals surface area contributed by atoms with Gasteiger partial charge in [0.2, 0.25) is 6.41 Å². The first-order valence-corrected chi connectivity index (χ1v) is 6.99.